The van der Waals surface area contributed by atoms with Crippen molar-refractivity contribution in [3.63, 3.8) is 0 Å². The van der Waals surface area contributed by atoms with Gasteiger partial charge in [-0.15, -0.1) is 0 Å². The maximum absolute atomic E-state index is 11.8. The number of carbonyl (C=O) groups is 1. The van der Waals surface area contributed by atoms with Crippen molar-refractivity contribution in [2.24, 2.45) is 0 Å². The third kappa shape index (κ3) is 3.08. The van der Waals surface area contributed by atoms with Crippen molar-refractivity contribution in [2.45, 2.75) is 6.92 Å². The minimum Gasteiger partial charge on any atom is -0.338 e. The first-order chi connectivity index (χ1) is 8.04. The van der Waals surface area contributed by atoms with Crippen LogP contribution in [0.3, 0.4) is 0 Å². The molecule has 0 saturated heterocycles. The van der Waals surface area contributed by atoms with E-state index >= 15 is 0 Å². The van der Waals surface area contributed by atoms with E-state index in [4.69, 9.17) is 16.1 Å². The molecule has 0 aliphatic rings. The van der Waals surface area contributed by atoms with Crippen molar-refractivity contribution >= 4 is 39.3 Å². The zero-order valence-electron chi connectivity index (χ0n) is 8.83. The fourth-order valence-corrected chi connectivity index (χ4v) is 2.15. The Morgan fingerprint density at radius 2 is 2.18 bits per heavy atom. The van der Waals surface area contributed by atoms with Gasteiger partial charge in [0.25, 0.3) is 5.91 Å². The minimum absolute atomic E-state index is 0.302. The molecule has 0 fully saturated rings. The lowest BCUT2D eigenvalue weighted by molar-refractivity contribution is 0.102. The van der Waals surface area contributed by atoms with Gasteiger partial charge in [0, 0.05) is 21.1 Å². The van der Waals surface area contributed by atoms with Crippen LogP contribution in [-0.4, -0.2) is 11.1 Å². The summed E-state index contributed by atoms with van der Waals surface area (Å²) in [5, 5.41) is 6.74. The van der Waals surface area contributed by atoms with Gasteiger partial charge < -0.3 is 4.52 Å². The zero-order chi connectivity index (χ0) is 12.4. The average Bonchev–Trinajstić information content (AvgIpc) is 2.62. The lowest BCUT2D eigenvalue weighted by Crippen LogP contribution is -2.11. The number of nitrogens with one attached hydrogen (secondary N) is 1. The number of aryl methyl sites for hydroxylation is 1. The van der Waals surface area contributed by atoms with Crippen molar-refractivity contribution in [3.05, 3.63) is 45.0 Å². The smallest absolute Gasteiger partial charge is 0.258 e. The Bertz CT molecular complexity index is 548. The van der Waals surface area contributed by atoms with Gasteiger partial charge >= 0.3 is 0 Å². The van der Waals surface area contributed by atoms with Gasteiger partial charge in [0.15, 0.2) is 0 Å². The van der Waals surface area contributed by atoms with Crippen LogP contribution >= 0.6 is 27.5 Å². The highest BCUT2D eigenvalue weighted by molar-refractivity contribution is 9.10. The van der Waals surface area contributed by atoms with Crippen LogP contribution in [0.15, 0.2) is 33.3 Å². The molecule has 1 aromatic carbocycles. The number of rotatable bonds is 2. The lowest BCUT2D eigenvalue weighted by Gasteiger charge is -2.02. The third-order valence-electron chi connectivity index (χ3n) is 1.99. The second kappa shape index (κ2) is 4.89. The minimum atomic E-state index is -0.302. The molecule has 1 aromatic heterocycles. The summed E-state index contributed by atoms with van der Waals surface area (Å²) in [6, 6.07) is 6.59. The zero-order valence-corrected chi connectivity index (χ0v) is 11.2. The van der Waals surface area contributed by atoms with Crippen LogP contribution in [0.5, 0.6) is 0 Å². The van der Waals surface area contributed by atoms with E-state index in [0.29, 0.717) is 22.2 Å². The molecule has 4 nitrogen and oxygen atoms in total. The SMILES string of the molecule is Cc1cc(NC(=O)c2cc(Cl)cc(Br)c2)on1. The maximum Gasteiger partial charge on any atom is 0.258 e. The van der Waals surface area contributed by atoms with Crippen LogP contribution < -0.4 is 5.32 Å². The van der Waals surface area contributed by atoms with Crippen LogP contribution in [-0.2, 0) is 0 Å². The molecule has 6 heteroatoms. The summed E-state index contributed by atoms with van der Waals surface area (Å²) in [5.74, 6) is 0.00736. The van der Waals surface area contributed by atoms with Gasteiger partial charge in [-0.1, -0.05) is 32.7 Å². The van der Waals surface area contributed by atoms with Gasteiger partial charge in [-0.25, -0.2) is 0 Å². The number of nitrogens with zero attached hydrogens (tertiary/aromatic N) is 1. The first-order valence-electron chi connectivity index (χ1n) is 4.75. The van der Waals surface area contributed by atoms with Crippen molar-refractivity contribution in [1.82, 2.24) is 5.16 Å². The molecule has 0 atom stereocenters. The van der Waals surface area contributed by atoms with Crippen molar-refractivity contribution < 1.29 is 9.32 Å². The highest BCUT2D eigenvalue weighted by atomic mass is 79.9. The summed E-state index contributed by atoms with van der Waals surface area (Å²) >= 11 is 9.13. The summed E-state index contributed by atoms with van der Waals surface area (Å²) < 4.78 is 5.63. The molecular weight excluding hydrogens is 307 g/mol. The van der Waals surface area contributed by atoms with Crippen LogP contribution in [0.25, 0.3) is 0 Å². The normalized spacial score (nSPS) is 10.3. The fourth-order valence-electron chi connectivity index (χ4n) is 1.29. The molecule has 1 amide bonds. The van der Waals surface area contributed by atoms with E-state index < -0.39 is 0 Å². The number of halogens is 2. The van der Waals surface area contributed by atoms with Gasteiger partial charge in [0.05, 0.1) is 5.69 Å². The topological polar surface area (TPSA) is 55.1 Å². The number of aromatic nitrogens is 1. The summed E-state index contributed by atoms with van der Waals surface area (Å²) in [6.07, 6.45) is 0. The Kier molecular flexibility index (Phi) is 3.49. The Balaban J connectivity index is 2.19. The maximum atomic E-state index is 11.8. The number of anilines is 1. The molecule has 0 aliphatic heterocycles. The van der Waals surface area contributed by atoms with Crippen molar-refractivity contribution in [1.29, 1.82) is 0 Å². The molecule has 17 heavy (non-hydrogen) atoms. The van der Waals surface area contributed by atoms with E-state index in [1.807, 2.05) is 0 Å². The van der Waals surface area contributed by atoms with Crippen LogP contribution in [0, 0.1) is 6.92 Å². The van der Waals surface area contributed by atoms with E-state index in [-0.39, 0.29) is 5.91 Å². The number of hydrogen-bond acceptors (Lipinski definition) is 3. The predicted molar refractivity (Wildman–Crippen MR) is 68.3 cm³/mol. The molecule has 0 spiro atoms. The van der Waals surface area contributed by atoms with Gasteiger partial charge in [0.2, 0.25) is 5.88 Å². The fraction of sp³-hybridized carbons (Fsp3) is 0.0909. The standard InChI is InChI=1S/C11H8BrClN2O2/c1-6-2-10(17-15-6)14-11(16)7-3-8(12)5-9(13)4-7/h2-5H,1H3,(H,14,16). The molecule has 88 valence electrons. The van der Waals surface area contributed by atoms with E-state index in [1.54, 1.807) is 31.2 Å². The monoisotopic (exact) mass is 314 g/mol. The first kappa shape index (κ1) is 12.1. The Hall–Kier alpha value is -1.33. The van der Waals surface area contributed by atoms with Gasteiger partial charge in [-0.3, -0.25) is 10.1 Å². The van der Waals surface area contributed by atoms with E-state index in [2.05, 4.69) is 26.4 Å². The van der Waals surface area contributed by atoms with Crippen molar-refractivity contribution in [2.75, 3.05) is 5.32 Å². The largest absolute Gasteiger partial charge is 0.338 e. The second-order valence-electron chi connectivity index (χ2n) is 3.44. The highest BCUT2D eigenvalue weighted by Gasteiger charge is 2.10. The van der Waals surface area contributed by atoms with Gasteiger partial charge in [-0.05, 0) is 25.1 Å². The molecule has 0 saturated carbocycles. The van der Waals surface area contributed by atoms with Gasteiger partial charge in [-0.2, -0.15) is 0 Å². The molecule has 2 rings (SSSR count). The Morgan fingerprint density at radius 3 is 2.76 bits per heavy atom. The average molecular weight is 316 g/mol. The molecule has 0 unspecified atom stereocenters. The van der Waals surface area contributed by atoms with E-state index in [0.717, 1.165) is 4.47 Å². The lowest BCUT2D eigenvalue weighted by atomic mass is 10.2. The third-order valence-corrected chi connectivity index (χ3v) is 2.67. The first-order valence-corrected chi connectivity index (χ1v) is 5.92. The molecule has 2 aromatic rings. The number of amides is 1. The molecule has 1 heterocycles. The summed E-state index contributed by atoms with van der Waals surface area (Å²) in [5.41, 5.74) is 1.14. The molecule has 0 radical (unpaired) electrons. The Labute approximate surface area is 111 Å². The van der Waals surface area contributed by atoms with E-state index in [9.17, 15) is 4.79 Å². The second-order valence-corrected chi connectivity index (χ2v) is 4.80. The molecule has 0 aliphatic carbocycles. The molecular formula is C11H8BrClN2O2. The number of benzene rings is 1. The predicted octanol–water partition coefficient (Wildman–Crippen LogP) is 3.65. The highest BCUT2D eigenvalue weighted by Crippen LogP contribution is 2.20. The van der Waals surface area contributed by atoms with Gasteiger partial charge in [0.1, 0.15) is 0 Å². The van der Waals surface area contributed by atoms with Crippen molar-refractivity contribution in [3.8, 4) is 0 Å². The summed E-state index contributed by atoms with van der Waals surface area (Å²) in [7, 11) is 0. The van der Waals surface area contributed by atoms with Crippen LogP contribution in [0.2, 0.25) is 5.02 Å². The molecule has 1 N–H and O–H groups in total. The number of carbonyl (C=O) groups excluding carboxylic acids is 1. The molecule has 0 bridgehead atoms. The summed E-state index contributed by atoms with van der Waals surface area (Å²) in [6.45, 7) is 1.77. The quantitative estimate of drug-likeness (QED) is 0.920. The summed E-state index contributed by atoms with van der Waals surface area (Å²) in [4.78, 5) is 11.8. The Morgan fingerprint density at radius 1 is 1.41 bits per heavy atom. The van der Waals surface area contributed by atoms with Crippen LogP contribution in [0.1, 0.15) is 16.1 Å². The number of hydrogen-bond donors (Lipinski definition) is 1. The van der Waals surface area contributed by atoms with Crippen LogP contribution in [0.4, 0.5) is 5.88 Å². The van der Waals surface area contributed by atoms with E-state index in [1.165, 1.54) is 0 Å².